The molecule has 1 atom stereocenters. The highest BCUT2D eigenvalue weighted by Crippen LogP contribution is 2.40. The normalized spacial score (nSPS) is 14.6. The van der Waals surface area contributed by atoms with Crippen molar-refractivity contribution in [3.63, 3.8) is 0 Å². The van der Waals surface area contributed by atoms with E-state index in [1.807, 2.05) is 36.4 Å². The maximum atomic E-state index is 13.9. The number of hydrogen-bond acceptors (Lipinski definition) is 9. The summed E-state index contributed by atoms with van der Waals surface area (Å²) in [6.07, 6.45) is -3.64. The van der Waals surface area contributed by atoms with Crippen molar-refractivity contribution in [2.45, 2.75) is 38.5 Å². The highest BCUT2D eigenvalue weighted by molar-refractivity contribution is 6.36. The first kappa shape index (κ1) is 34.6. The fourth-order valence-electron chi connectivity index (χ4n) is 5.95. The Balaban J connectivity index is 1.34. The van der Waals surface area contributed by atoms with E-state index in [-0.39, 0.29) is 17.3 Å². The molecule has 5 aromatic rings. The fourth-order valence-corrected chi connectivity index (χ4v) is 6.27. The van der Waals surface area contributed by atoms with Crippen LogP contribution in [-0.4, -0.2) is 49.7 Å². The summed E-state index contributed by atoms with van der Waals surface area (Å²) in [4.78, 5) is 49.1. The number of halogens is 4. The molecule has 16 heteroatoms. The van der Waals surface area contributed by atoms with Gasteiger partial charge in [-0.25, -0.2) is 19.7 Å². The topological polar surface area (TPSA) is 145 Å². The minimum atomic E-state index is -4.95. The molecular formula is C34H32ClF3N8O4. The first-order valence-electron chi connectivity index (χ1n) is 15.5. The number of fused-ring (bicyclic) bond motifs is 1. The van der Waals surface area contributed by atoms with Gasteiger partial charge < -0.3 is 20.7 Å². The largest absolute Gasteiger partial charge is 0.481 e. The molecule has 1 fully saturated rings. The lowest BCUT2D eigenvalue weighted by molar-refractivity contribution is -0.144. The van der Waals surface area contributed by atoms with Crippen molar-refractivity contribution >= 4 is 40.0 Å². The molecular weight excluding hydrogens is 677 g/mol. The van der Waals surface area contributed by atoms with Crippen LogP contribution in [0.5, 0.6) is 5.88 Å². The molecule has 50 heavy (non-hydrogen) atoms. The zero-order chi connectivity index (χ0) is 35.9. The SMILES string of the molecule is COc1nc(-c2cccc(-c3cccc(Nc4nc(C(F)(F)F)nc5c4c(=O)n(C)c(=O)n5C)c3C)c2Cl)ccc1CNCC1CCC(=O)N1. The van der Waals surface area contributed by atoms with E-state index in [0.717, 1.165) is 21.1 Å². The van der Waals surface area contributed by atoms with Gasteiger partial charge in [0.05, 0.1) is 17.8 Å². The lowest BCUT2D eigenvalue weighted by Gasteiger charge is -2.18. The second-order valence-corrected chi connectivity index (χ2v) is 12.2. The molecule has 0 saturated carbocycles. The summed E-state index contributed by atoms with van der Waals surface area (Å²) in [7, 11) is 3.98. The molecule has 2 aromatic carbocycles. The predicted octanol–water partition coefficient (Wildman–Crippen LogP) is 4.86. The number of ether oxygens (including phenoxy) is 1. The van der Waals surface area contributed by atoms with Crippen LogP contribution < -0.4 is 31.9 Å². The summed E-state index contributed by atoms with van der Waals surface area (Å²) in [6.45, 7) is 2.85. The molecule has 1 unspecified atom stereocenters. The molecule has 1 saturated heterocycles. The number of anilines is 2. The second-order valence-electron chi connectivity index (χ2n) is 11.9. The van der Waals surface area contributed by atoms with Crippen LogP contribution in [0.4, 0.5) is 24.7 Å². The van der Waals surface area contributed by atoms with Gasteiger partial charge in [0, 0.05) is 62.0 Å². The van der Waals surface area contributed by atoms with Crippen LogP contribution >= 0.6 is 11.6 Å². The number of nitrogens with one attached hydrogen (secondary N) is 3. The smallest absolute Gasteiger partial charge is 0.451 e. The number of carbonyl (C=O) groups is 1. The molecule has 0 spiro atoms. The number of nitrogens with zero attached hydrogens (tertiary/aromatic N) is 5. The summed E-state index contributed by atoms with van der Waals surface area (Å²) in [5.74, 6) is -1.45. The molecule has 4 heterocycles. The maximum Gasteiger partial charge on any atom is 0.451 e. The molecule has 0 aliphatic carbocycles. The number of aromatic nitrogens is 5. The van der Waals surface area contributed by atoms with E-state index in [2.05, 4.69) is 25.9 Å². The standard InChI is InChI=1S/C34H32ClF3N8O4/c1-17-20(7-6-10-23(17)41-28-26-29(44-32(43-28)34(36,37)38)45(2)33(49)46(3)31(26)48)21-8-5-9-22(27(21)35)24-13-11-18(30(42-24)50-4)15-39-16-19-12-14-25(47)40-19/h5-11,13,19,39H,12,14-16H2,1-4H3,(H,40,47)(H,41,43,44). The Morgan fingerprint density at radius 2 is 1.70 bits per heavy atom. The van der Waals surface area contributed by atoms with Gasteiger partial charge in [0.1, 0.15) is 11.2 Å². The van der Waals surface area contributed by atoms with Gasteiger partial charge in [-0.1, -0.05) is 48.0 Å². The molecule has 1 aliphatic heterocycles. The van der Waals surface area contributed by atoms with Crippen LogP contribution in [0.25, 0.3) is 33.4 Å². The van der Waals surface area contributed by atoms with Crippen molar-refractivity contribution in [1.82, 2.24) is 34.7 Å². The Bertz CT molecular complexity index is 2270. The molecule has 12 nitrogen and oxygen atoms in total. The average molecular weight is 709 g/mol. The molecule has 1 aliphatic rings. The van der Waals surface area contributed by atoms with Crippen molar-refractivity contribution in [2.24, 2.45) is 14.1 Å². The lowest BCUT2D eigenvalue weighted by atomic mass is 9.96. The van der Waals surface area contributed by atoms with E-state index in [1.165, 1.54) is 21.2 Å². The highest BCUT2D eigenvalue weighted by Gasteiger charge is 2.36. The van der Waals surface area contributed by atoms with Gasteiger partial charge in [0.25, 0.3) is 5.56 Å². The van der Waals surface area contributed by atoms with Crippen LogP contribution in [0.15, 0.2) is 58.1 Å². The number of pyridine rings is 1. The summed E-state index contributed by atoms with van der Waals surface area (Å²) < 4.78 is 48.8. The third-order valence-electron chi connectivity index (χ3n) is 8.63. The van der Waals surface area contributed by atoms with Gasteiger partial charge in [-0.2, -0.15) is 13.2 Å². The minimum absolute atomic E-state index is 0.0535. The van der Waals surface area contributed by atoms with Crippen LogP contribution in [0.2, 0.25) is 5.02 Å². The molecule has 3 N–H and O–H groups in total. The maximum absolute atomic E-state index is 13.9. The lowest BCUT2D eigenvalue weighted by Crippen LogP contribution is -2.38. The molecule has 3 aromatic heterocycles. The molecule has 1 amide bonds. The summed E-state index contributed by atoms with van der Waals surface area (Å²) in [5.41, 5.74) is 2.08. The number of benzene rings is 2. The van der Waals surface area contributed by atoms with E-state index >= 15 is 0 Å². The third-order valence-corrected chi connectivity index (χ3v) is 9.04. The van der Waals surface area contributed by atoms with Gasteiger partial charge in [0.2, 0.25) is 17.6 Å². The van der Waals surface area contributed by atoms with Crippen molar-refractivity contribution in [3.05, 3.63) is 91.3 Å². The van der Waals surface area contributed by atoms with Crippen molar-refractivity contribution in [1.29, 1.82) is 0 Å². The van der Waals surface area contributed by atoms with Crippen LogP contribution in [0.3, 0.4) is 0 Å². The number of aryl methyl sites for hydroxylation is 1. The number of amides is 1. The number of methoxy groups -OCH3 is 1. The predicted molar refractivity (Wildman–Crippen MR) is 183 cm³/mol. The van der Waals surface area contributed by atoms with Gasteiger partial charge in [-0.3, -0.25) is 18.7 Å². The fraction of sp³-hybridized carbons (Fsp3) is 0.294. The van der Waals surface area contributed by atoms with E-state index in [4.69, 9.17) is 21.3 Å². The van der Waals surface area contributed by atoms with E-state index < -0.39 is 34.7 Å². The van der Waals surface area contributed by atoms with Crippen LogP contribution in [0.1, 0.15) is 29.8 Å². The Hall–Kier alpha value is -5.28. The monoisotopic (exact) mass is 708 g/mol. The van der Waals surface area contributed by atoms with Gasteiger partial charge in [-0.15, -0.1) is 0 Å². The number of hydrogen-bond donors (Lipinski definition) is 3. The molecule has 0 radical (unpaired) electrons. The van der Waals surface area contributed by atoms with E-state index in [0.29, 0.717) is 64.0 Å². The highest BCUT2D eigenvalue weighted by atomic mass is 35.5. The number of alkyl halides is 3. The van der Waals surface area contributed by atoms with Crippen LogP contribution in [0, 0.1) is 6.92 Å². The van der Waals surface area contributed by atoms with Gasteiger partial charge in [-0.05, 0) is 36.6 Å². The minimum Gasteiger partial charge on any atom is -0.481 e. The number of carbonyl (C=O) groups excluding carboxylic acids is 1. The first-order valence-corrected chi connectivity index (χ1v) is 15.9. The summed E-state index contributed by atoms with van der Waals surface area (Å²) in [5, 5.41) is 9.26. The van der Waals surface area contributed by atoms with E-state index in [1.54, 1.807) is 19.1 Å². The average Bonchev–Trinajstić information content (AvgIpc) is 3.51. The Kier molecular flexibility index (Phi) is 9.37. The first-order chi connectivity index (χ1) is 23.8. The zero-order valence-electron chi connectivity index (χ0n) is 27.4. The molecule has 0 bridgehead atoms. The van der Waals surface area contributed by atoms with Crippen LogP contribution in [-0.2, 0) is 31.6 Å². The van der Waals surface area contributed by atoms with Crippen molar-refractivity contribution < 1.29 is 22.7 Å². The van der Waals surface area contributed by atoms with Gasteiger partial charge in [0.15, 0.2) is 5.65 Å². The summed E-state index contributed by atoms with van der Waals surface area (Å²) in [6, 6.07) is 14.4. The zero-order valence-corrected chi connectivity index (χ0v) is 28.2. The summed E-state index contributed by atoms with van der Waals surface area (Å²) >= 11 is 7.02. The third kappa shape index (κ3) is 6.53. The Morgan fingerprint density at radius 3 is 2.40 bits per heavy atom. The Morgan fingerprint density at radius 1 is 0.980 bits per heavy atom. The second kappa shape index (κ2) is 13.6. The van der Waals surface area contributed by atoms with Gasteiger partial charge >= 0.3 is 11.9 Å². The Labute approximate surface area is 288 Å². The number of rotatable bonds is 9. The molecule has 260 valence electrons. The van der Waals surface area contributed by atoms with E-state index in [9.17, 15) is 27.6 Å². The van der Waals surface area contributed by atoms with Crippen molar-refractivity contribution in [2.75, 3.05) is 19.0 Å². The molecule has 6 rings (SSSR count). The van der Waals surface area contributed by atoms with Crippen molar-refractivity contribution in [3.8, 4) is 28.3 Å². The quantitative estimate of drug-likeness (QED) is 0.196.